The maximum Gasteiger partial charge on any atom is 0.413 e. The summed E-state index contributed by atoms with van der Waals surface area (Å²) in [6, 6.07) is 0. The number of amides is 1. The van der Waals surface area contributed by atoms with E-state index < -0.39 is 17.7 Å². The van der Waals surface area contributed by atoms with Gasteiger partial charge in [-0.25, -0.2) is 4.79 Å². The maximum atomic E-state index is 11.4. The van der Waals surface area contributed by atoms with Crippen LogP contribution in [0.2, 0.25) is 0 Å². The fourth-order valence-corrected chi connectivity index (χ4v) is 1.02. The molecular weight excluding hydrogens is 228 g/mol. The van der Waals surface area contributed by atoms with Crippen LogP contribution in [0.5, 0.6) is 0 Å². The number of carboxylic acids is 1. The highest BCUT2D eigenvalue weighted by Gasteiger charge is 2.19. The first-order chi connectivity index (χ1) is 7.78. The summed E-state index contributed by atoms with van der Waals surface area (Å²) in [5, 5.41) is 20.4. The van der Waals surface area contributed by atoms with Crippen molar-refractivity contribution in [3.63, 3.8) is 0 Å². The fraction of sp³-hybridized carbons (Fsp3) is 0.556. The molecule has 0 unspecified atom stereocenters. The lowest BCUT2D eigenvalue weighted by Crippen LogP contribution is -2.27. The minimum Gasteiger partial charge on any atom is -0.481 e. The van der Waals surface area contributed by atoms with E-state index in [1.807, 2.05) is 0 Å². The van der Waals surface area contributed by atoms with Crippen molar-refractivity contribution < 1.29 is 19.4 Å². The molecule has 0 spiro atoms. The molecule has 0 aromatic carbocycles. The van der Waals surface area contributed by atoms with E-state index in [0.29, 0.717) is 0 Å². The Hall–Kier alpha value is -2.12. The number of rotatable bonds is 3. The van der Waals surface area contributed by atoms with Gasteiger partial charge in [0.1, 0.15) is 11.3 Å². The van der Waals surface area contributed by atoms with Gasteiger partial charge < -0.3 is 9.84 Å². The first kappa shape index (κ1) is 12.9. The predicted octanol–water partition coefficient (Wildman–Crippen LogP) is 0.779. The van der Waals surface area contributed by atoms with E-state index in [0.717, 1.165) is 0 Å². The molecular formula is C9H14N4O4. The molecule has 3 N–H and O–H groups in total. The number of aromatic amines is 1. The molecule has 0 bridgehead atoms. The Labute approximate surface area is 97.4 Å². The lowest BCUT2D eigenvalue weighted by atomic mass is 10.2. The van der Waals surface area contributed by atoms with Gasteiger partial charge in [-0.2, -0.15) is 10.3 Å². The first-order valence-electron chi connectivity index (χ1n) is 4.89. The third-order valence-electron chi connectivity index (χ3n) is 1.56. The zero-order valence-electron chi connectivity index (χ0n) is 9.77. The second-order valence-corrected chi connectivity index (χ2v) is 4.32. The molecule has 0 aliphatic rings. The number of carbonyl (C=O) groups is 2. The molecule has 8 heteroatoms. The minimum atomic E-state index is -1.06. The third-order valence-corrected chi connectivity index (χ3v) is 1.56. The first-order valence-corrected chi connectivity index (χ1v) is 4.89. The summed E-state index contributed by atoms with van der Waals surface area (Å²) in [4.78, 5) is 21.9. The van der Waals surface area contributed by atoms with Crippen LogP contribution in [0.4, 0.5) is 10.6 Å². The molecule has 1 amide bonds. The summed E-state index contributed by atoms with van der Waals surface area (Å²) in [5.41, 5.74) is -0.496. The zero-order chi connectivity index (χ0) is 13.1. The average Bonchev–Trinajstić information content (AvgIpc) is 2.47. The molecule has 0 radical (unpaired) electrons. The smallest absolute Gasteiger partial charge is 0.413 e. The quantitative estimate of drug-likeness (QED) is 0.720. The van der Waals surface area contributed by atoms with Crippen molar-refractivity contribution in [2.75, 3.05) is 5.32 Å². The van der Waals surface area contributed by atoms with Crippen molar-refractivity contribution in [1.29, 1.82) is 0 Å². The van der Waals surface area contributed by atoms with E-state index in [4.69, 9.17) is 9.84 Å². The molecule has 17 heavy (non-hydrogen) atoms. The number of aliphatic carboxylic acids is 1. The molecule has 1 aromatic heterocycles. The Bertz CT molecular complexity index is 421. The van der Waals surface area contributed by atoms with Crippen LogP contribution in [0.25, 0.3) is 0 Å². The van der Waals surface area contributed by atoms with Crippen LogP contribution in [0.1, 0.15) is 26.5 Å². The van der Waals surface area contributed by atoms with Gasteiger partial charge in [-0.05, 0) is 20.8 Å². The van der Waals surface area contributed by atoms with E-state index in [1.54, 1.807) is 20.8 Å². The summed E-state index contributed by atoms with van der Waals surface area (Å²) < 4.78 is 4.99. The van der Waals surface area contributed by atoms with Gasteiger partial charge >= 0.3 is 12.1 Å². The van der Waals surface area contributed by atoms with E-state index in [9.17, 15) is 9.59 Å². The molecule has 0 saturated carbocycles. The highest BCUT2D eigenvalue weighted by molar-refractivity contribution is 5.85. The van der Waals surface area contributed by atoms with Gasteiger partial charge in [-0.3, -0.25) is 10.1 Å². The number of H-pyrrole nitrogens is 1. The predicted molar refractivity (Wildman–Crippen MR) is 57.6 cm³/mol. The number of hydrogen-bond acceptors (Lipinski definition) is 5. The number of carboxylic acid groups (broad SMARTS) is 1. The second-order valence-electron chi connectivity index (χ2n) is 4.32. The van der Waals surface area contributed by atoms with Crippen molar-refractivity contribution in [3.8, 4) is 0 Å². The van der Waals surface area contributed by atoms with Gasteiger partial charge in [-0.15, -0.1) is 5.10 Å². The van der Waals surface area contributed by atoms with Gasteiger partial charge in [0.05, 0.1) is 6.42 Å². The van der Waals surface area contributed by atoms with Crippen molar-refractivity contribution in [2.24, 2.45) is 0 Å². The monoisotopic (exact) mass is 242 g/mol. The van der Waals surface area contributed by atoms with Gasteiger partial charge in [-0.1, -0.05) is 0 Å². The summed E-state index contributed by atoms with van der Waals surface area (Å²) >= 11 is 0. The molecule has 0 aliphatic heterocycles. The number of nitrogens with zero attached hydrogens (tertiary/aromatic N) is 2. The highest BCUT2D eigenvalue weighted by atomic mass is 16.6. The fourth-order valence-electron chi connectivity index (χ4n) is 1.02. The second kappa shape index (κ2) is 4.81. The molecule has 0 atom stereocenters. The summed E-state index contributed by atoms with van der Waals surface area (Å²) in [6.07, 6.45) is -1.04. The van der Waals surface area contributed by atoms with Gasteiger partial charge in [0.15, 0.2) is 5.82 Å². The summed E-state index contributed by atoms with van der Waals surface area (Å²) in [5.74, 6) is -1.01. The topological polar surface area (TPSA) is 117 Å². The Morgan fingerprint density at radius 1 is 1.41 bits per heavy atom. The normalized spacial score (nSPS) is 11.0. The van der Waals surface area contributed by atoms with E-state index in [-0.39, 0.29) is 17.9 Å². The lowest BCUT2D eigenvalue weighted by molar-refractivity contribution is -0.136. The maximum absolute atomic E-state index is 11.4. The lowest BCUT2D eigenvalue weighted by Gasteiger charge is -2.19. The summed E-state index contributed by atoms with van der Waals surface area (Å²) in [6.45, 7) is 5.15. The van der Waals surface area contributed by atoms with E-state index in [1.165, 1.54) is 0 Å². The number of anilines is 1. The van der Waals surface area contributed by atoms with Crippen molar-refractivity contribution >= 4 is 17.9 Å². The Morgan fingerprint density at radius 2 is 2.06 bits per heavy atom. The van der Waals surface area contributed by atoms with Gasteiger partial charge in [0.2, 0.25) is 0 Å². The highest BCUT2D eigenvalue weighted by Crippen LogP contribution is 2.12. The third kappa shape index (κ3) is 4.49. The minimum absolute atomic E-state index is 0.0571. The number of nitrogens with one attached hydrogen (secondary N) is 2. The molecule has 0 fully saturated rings. The number of hydrogen-bond donors (Lipinski definition) is 3. The van der Waals surface area contributed by atoms with Crippen LogP contribution in [0.15, 0.2) is 0 Å². The molecule has 1 aromatic rings. The van der Waals surface area contributed by atoms with Crippen LogP contribution < -0.4 is 5.32 Å². The number of carbonyl (C=O) groups excluding carboxylic acids is 1. The van der Waals surface area contributed by atoms with Crippen LogP contribution in [-0.4, -0.2) is 38.2 Å². The Kier molecular flexibility index (Phi) is 3.66. The largest absolute Gasteiger partial charge is 0.481 e. The van der Waals surface area contributed by atoms with Crippen molar-refractivity contribution in [1.82, 2.24) is 15.4 Å². The zero-order valence-corrected chi connectivity index (χ0v) is 9.77. The van der Waals surface area contributed by atoms with E-state index >= 15 is 0 Å². The van der Waals surface area contributed by atoms with Gasteiger partial charge in [0, 0.05) is 0 Å². The van der Waals surface area contributed by atoms with Crippen molar-refractivity contribution in [3.05, 3.63) is 5.69 Å². The summed E-state index contributed by atoms with van der Waals surface area (Å²) in [7, 11) is 0. The Morgan fingerprint density at radius 3 is 2.59 bits per heavy atom. The molecule has 1 heterocycles. The van der Waals surface area contributed by atoms with Crippen LogP contribution in [0, 0.1) is 0 Å². The molecule has 94 valence electrons. The average molecular weight is 242 g/mol. The number of ether oxygens (including phenoxy) is 1. The molecule has 8 nitrogen and oxygen atoms in total. The standard InChI is InChI=1S/C9H14N4O4/c1-9(2,3)17-8(16)10-7-5(4-6(14)15)11-13-12-7/h4H2,1-3H3,(H,14,15)(H2,10,11,12,13,16). The molecule has 1 rings (SSSR count). The SMILES string of the molecule is CC(C)(C)OC(=O)Nc1n[nH]nc1CC(=O)O. The molecule has 0 saturated heterocycles. The van der Waals surface area contributed by atoms with E-state index in [2.05, 4.69) is 20.7 Å². The molecule has 0 aliphatic carbocycles. The van der Waals surface area contributed by atoms with Crippen molar-refractivity contribution in [2.45, 2.75) is 32.8 Å². The van der Waals surface area contributed by atoms with Gasteiger partial charge in [0.25, 0.3) is 0 Å². The van der Waals surface area contributed by atoms with Crippen LogP contribution in [0.3, 0.4) is 0 Å². The van der Waals surface area contributed by atoms with Crippen LogP contribution in [-0.2, 0) is 16.0 Å². The Balaban J connectivity index is 2.65. The number of aromatic nitrogens is 3. The van der Waals surface area contributed by atoms with Crippen LogP contribution >= 0.6 is 0 Å².